The van der Waals surface area contributed by atoms with Gasteiger partial charge in [0.25, 0.3) is 5.91 Å². The zero-order valence-electron chi connectivity index (χ0n) is 15.3. The van der Waals surface area contributed by atoms with Gasteiger partial charge < -0.3 is 9.73 Å². The number of aromatic nitrogens is 1. The van der Waals surface area contributed by atoms with Crippen LogP contribution in [0, 0.1) is 13.8 Å². The van der Waals surface area contributed by atoms with E-state index in [0.717, 1.165) is 33.2 Å². The highest BCUT2D eigenvalue weighted by Crippen LogP contribution is 2.29. The molecule has 2 aromatic carbocycles. The minimum absolute atomic E-state index is 0.235. The van der Waals surface area contributed by atoms with Gasteiger partial charge >= 0.3 is 0 Å². The fourth-order valence-corrected chi connectivity index (χ4v) is 3.35. The number of aryl methyl sites for hydroxylation is 2. The molecule has 0 spiro atoms. The average Bonchev–Trinajstić information content (AvgIpc) is 3.05. The summed E-state index contributed by atoms with van der Waals surface area (Å²) in [5.41, 5.74) is 4.54. The molecule has 0 aliphatic heterocycles. The van der Waals surface area contributed by atoms with Gasteiger partial charge in [0.2, 0.25) is 0 Å². The van der Waals surface area contributed by atoms with Crippen LogP contribution in [0.2, 0.25) is 0 Å². The summed E-state index contributed by atoms with van der Waals surface area (Å²) in [6.07, 6.45) is 3.49. The van der Waals surface area contributed by atoms with Crippen LogP contribution in [-0.4, -0.2) is 10.9 Å². The molecule has 4 nitrogen and oxygen atoms in total. The highest BCUT2D eigenvalue weighted by Gasteiger charge is 2.23. The Balaban J connectivity index is 1.73. The number of furan rings is 1. The zero-order chi connectivity index (χ0) is 18.8. The van der Waals surface area contributed by atoms with Crippen molar-refractivity contribution in [2.24, 2.45) is 0 Å². The van der Waals surface area contributed by atoms with Crippen molar-refractivity contribution < 1.29 is 9.21 Å². The molecule has 0 fully saturated rings. The van der Waals surface area contributed by atoms with Gasteiger partial charge in [-0.15, -0.1) is 0 Å². The van der Waals surface area contributed by atoms with Gasteiger partial charge in [-0.3, -0.25) is 9.78 Å². The molecule has 0 saturated carbocycles. The summed E-state index contributed by atoms with van der Waals surface area (Å²) in [6, 6.07) is 19.3. The van der Waals surface area contributed by atoms with Crippen LogP contribution in [-0.2, 0) is 0 Å². The summed E-state index contributed by atoms with van der Waals surface area (Å²) in [4.78, 5) is 17.3. The number of para-hydroxylation sites is 1. The minimum Gasteiger partial charge on any atom is -0.450 e. The van der Waals surface area contributed by atoms with E-state index in [1.807, 2.05) is 74.5 Å². The van der Waals surface area contributed by atoms with Gasteiger partial charge in [-0.2, -0.15) is 0 Å². The summed E-state index contributed by atoms with van der Waals surface area (Å²) in [7, 11) is 0. The van der Waals surface area contributed by atoms with Crippen LogP contribution in [0.5, 0.6) is 0 Å². The van der Waals surface area contributed by atoms with Gasteiger partial charge in [-0.25, -0.2) is 0 Å². The van der Waals surface area contributed by atoms with Gasteiger partial charge in [0.05, 0.1) is 6.04 Å². The first-order valence-corrected chi connectivity index (χ1v) is 8.89. The van der Waals surface area contributed by atoms with Crippen LogP contribution in [0.3, 0.4) is 0 Å². The second-order valence-electron chi connectivity index (χ2n) is 6.61. The number of hydrogen-bond donors (Lipinski definition) is 1. The summed E-state index contributed by atoms with van der Waals surface area (Å²) >= 11 is 0. The van der Waals surface area contributed by atoms with E-state index in [1.54, 1.807) is 12.4 Å². The van der Waals surface area contributed by atoms with E-state index in [9.17, 15) is 4.79 Å². The summed E-state index contributed by atoms with van der Waals surface area (Å²) in [5, 5.41) is 4.08. The highest BCUT2D eigenvalue weighted by atomic mass is 16.3. The lowest BCUT2D eigenvalue weighted by atomic mass is 10.00. The summed E-state index contributed by atoms with van der Waals surface area (Å²) in [6.45, 7) is 3.90. The minimum atomic E-state index is -0.305. The molecule has 27 heavy (non-hydrogen) atoms. The largest absolute Gasteiger partial charge is 0.450 e. The second-order valence-corrected chi connectivity index (χ2v) is 6.61. The van der Waals surface area contributed by atoms with Crippen molar-refractivity contribution in [3.05, 3.63) is 101 Å². The maximum absolute atomic E-state index is 13.1. The molecule has 4 heteroatoms. The third-order valence-corrected chi connectivity index (χ3v) is 4.79. The van der Waals surface area contributed by atoms with Crippen molar-refractivity contribution in [3.8, 4) is 0 Å². The SMILES string of the molecule is Cc1c(C(=O)N[C@@H](c2ccccc2)c2cccnc2)oc2c(C)cccc12. The molecule has 1 amide bonds. The monoisotopic (exact) mass is 356 g/mol. The summed E-state index contributed by atoms with van der Waals surface area (Å²) < 4.78 is 5.94. The normalized spacial score (nSPS) is 12.1. The van der Waals surface area contributed by atoms with E-state index in [-0.39, 0.29) is 11.9 Å². The van der Waals surface area contributed by atoms with Crippen LogP contribution in [0.15, 0.2) is 77.5 Å². The lowest BCUT2D eigenvalue weighted by molar-refractivity contribution is 0.0916. The average molecular weight is 356 g/mol. The Morgan fingerprint density at radius 3 is 2.44 bits per heavy atom. The van der Waals surface area contributed by atoms with Crippen LogP contribution in [0.4, 0.5) is 0 Å². The fraction of sp³-hybridized carbons (Fsp3) is 0.130. The molecule has 0 radical (unpaired) electrons. The Morgan fingerprint density at radius 1 is 0.963 bits per heavy atom. The third kappa shape index (κ3) is 3.22. The molecule has 2 heterocycles. The van der Waals surface area contributed by atoms with E-state index in [1.165, 1.54) is 0 Å². The highest BCUT2D eigenvalue weighted by molar-refractivity contribution is 5.99. The van der Waals surface area contributed by atoms with Crippen molar-refractivity contribution >= 4 is 16.9 Å². The van der Waals surface area contributed by atoms with Crippen molar-refractivity contribution in [2.45, 2.75) is 19.9 Å². The number of amides is 1. The van der Waals surface area contributed by atoms with Crippen molar-refractivity contribution in [1.82, 2.24) is 10.3 Å². The topological polar surface area (TPSA) is 55.1 Å². The van der Waals surface area contributed by atoms with E-state index >= 15 is 0 Å². The lowest BCUT2D eigenvalue weighted by Gasteiger charge is -2.19. The van der Waals surface area contributed by atoms with Crippen LogP contribution in [0.1, 0.15) is 38.9 Å². The Labute approximate surface area is 157 Å². The van der Waals surface area contributed by atoms with Gasteiger partial charge in [0.15, 0.2) is 5.76 Å². The van der Waals surface area contributed by atoms with Crippen molar-refractivity contribution in [3.63, 3.8) is 0 Å². The van der Waals surface area contributed by atoms with Gasteiger partial charge in [0.1, 0.15) is 5.58 Å². The first-order chi connectivity index (χ1) is 13.1. The van der Waals surface area contributed by atoms with Gasteiger partial charge in [0, 0.05) is 23.3 Å². The van der Waals surface area contributed by atoms with E-state index in [4.69, 9.17) is 4.42 Å². The van der Waals surface area contributed by atoms with Crippen LogP contribution >= 0.6 is 0 Å². The number of rotatable bonds is 4. The number of carbonyl (C=O) groups excluding carboxylic acids is 1. The molecule has 0 unspecified atom stereocenters. The molecule has 0 aliphatic rings. The quantitative estimate of drug-likeness (QED) is 0.562. The molecule has 4 aromatic rings. The maximum atomic E-state index is 13.1. The molecule has 134 valence electrons. The van der Waals surface area contributed by atoms with Gasteiger partial charge in [-0.1, -0.05) is 54.6 Å². The smallest absolute Gasteiger partial charge is 0.288 e. The number of nitrogens with zero attached hydrogens (tertiary/aromatic N) is 1. The fourth-order valence-electron chi connectivity index (χ4n) is 3.35. The molecule has 0 aliphatic carbocycles. The molecule has 0 saturated heterocycles. The Hall–Kier alpha value is -3.40. The number of carbonyl (C=O) groups is 1. The predicted octanol–water partition coefficient (Wildman–Crippen LogP) is 4.96. The molecule has 1 N–H and O–H groups in total. The molecule has 0 bridgehead atoms. The molecule has 2 aromatic heterocycles. The van der Waals surface area contributed by atoms with E-state index in [2.05, 4.69) is 10.3 Å². The maximum Gasteiger partial charge on any atom is 0.288 e. The summed E-state index contributed by atoms with van der Waals surface area (Å²) in [5.74, 6) is 0.116. The van der Waals surface area contributed by atoms with E-state index < -0.39 is 0 Å². The standard InChI is InChI=1S/C23H20N2O2/c1-15-8-6-12-19-16(2)22(27-21(15)19)23(26)25-20(17-9-4-3-5-10-17)18-11-7-13-24-14-18/h3-14,20H,1-2H3,(H,25,26)/t20-/m0/s1. The molecule has 1 atom stereocenters. The number of benzene rings is 2. The number of nitrogens with one attached hydrogen (secondary N) is 1. The first-order valence-electron chi connectivity index (χ1n) is 8.89. The van der Waals surface area contributed by atoms with Crippen molar-refractivity contribution in [1.29, 1.82) is 0 Å². The van der Waals surface area contributed by atoms with Crippen LogP contribution < -0.4 is 5.32 Å². The second kappa shape index (κ2) is 7.08. The van der Waals surface area contributed by atoms with E-state index in [0.29, 0.717) is 5.76 Å². The molecular formula is C23H20N2O2. The molecule has 4 rings (SSSR count). The molecular weight excluding hydrogens is 336 g/mol. The number of pyridine rings is 1. The predicted molar refractivity (Wildman–Crippen MR) is 106 cm³/mol. The number of hydrogen-bond acceptors (Lipinski definition) is 3. The third-order valence-electron chi connectivity index (χ3n) is 4.79. The Kier molecular flexibility index (Phi) is 4.47. The number of fused-ring (bicyclic) bond motifs is 1. The first kappa shape index (κ1) is 17.0. The zero-order valence-corrected chi connectivity index (χ0v) is 15.3. The Morgan fingerprint density at radius 2 is 1.74 bits per heavy atom. The Bertz CT molecular complexity index is 1050. The van der Waals surface area contributed by atoms with Crippen LogP contribution in [0.25, 0.3) is 11.0 Å². The lowest BCUT2D eigenvalue weighted by Crippen LogP contribution is -2.29. The van der Waals surface area contributed by atoms with Gasteiger partial charge in [-0.05, 0) is 36.6 Å². The van der Waals surface area contributed by atoms with Crippen molar-refractivity contribution in [2.75, 3.05) is 0 Å².